The van der Waals surface area contributed by atoms with Crippen molar-refractivity contribution in [1.29, 1.82) is 0 Å². The maximum absolute atomic E-state index is 13.6. The van der Waals surface area contributed by atoms with Crippen molar-refractivity contribution in [2.45, 2.75) is 31.1 Å². The number of carbonyl (C=O) groups is 2. The first-order valence-corrected chi connectivity index (χ1v) is 12.4. The second-order valence-electron chi connectivity index (χ2n) is 8.05. The van der Waals surface area contributed by atoms with Crippen LogP contribution in [0, 0.1) is 0 Å². The summed E-state index contributed by atoms with van der Waals surface area (Å²) in [6, 6.07) is 15.0. The van der Waals surface area contributed by atoms with Crippen LogP contribution in [0.4, 0.5) is 22.7 Å². The van der Waals surface area contributed by atoms with Gasteiger partial charge >= 0.3 is 0 Å². The SMILES string of the molecule is CCCCCNc1c(Nc2ccccc2)c(S(=O)(=O)O)c(N)c2c1C(=O)c1ccccc1C2=O. The molecule has 1 aliphatic carbocycles. The number of unbranched alkanes of at least 4 members (excludes halogenated alkanes) is 2. The second kappa shape index (κ2) is 9.28. The van der Waals surface area contributed by atoms with Gasteiger partial charge in [-0.25, -0.2) is 0 Å². The van der Waals surface area contributed by atoms with Crippen LogP contribution in [0.15, 0.2) is 59.5 Å². The summed E-state index contributed by atoms with van der Waals surface area (Å²) in [5.74, 6) is -1.02. The summed E-state index contributed by atoms with van der Waals surface area (Å²) < 4.78 is 35.2. The highest BCUT2D eigenvalue weighted by Crippen LogP contribution is 2.46. The van der Waals surface area contributed by atoms with Gasteiger partial charge in [-0.15, -0.1) is 0 Å². The summed E-state index contributed by atoms with van der Waals surface area (Å²) in [4.78, 5) is 26.3. The zero-order valence-electron chi connectivity index (χ0n) is 18.6. The van der Waals surface area contributed by atoms with Crippen molar-refractivity contribution in [3.8, 4) is 0 Å². The van der Waals surface area contributed by atoms with Crippen molar-refractivity contribution < 1.29 is 22.6 Å². The number of nitrogens with one attached hydrogen (secondary N) is 2. The second-order valence-corrected chi connectivity index (χ2v) is 9.40. The summed E-state index contributed by atoms with van der Waals surface area (Å²) in [7, 11) is -4.88. The Hall–Kier alpha value is -3.69. The number of nitrogens with two attached hydrogens (primary N) is 1. The van der Waals surface area contributed by atoms with Gasteiger partial charge in [0.2, 0.25) is 0 Å². The molecule has 0 radical (unpaired) electrons. The Balaban J connectivity index is 2.04. The van der Waals surface area contributed by atoms with Crippen LogP contribution in [0.5, 0.6) is 0 Å². The maximum atomic E-state index is 13.6. The quantitative estimate of drug-likeness (QED) is 0.163. The molecule has 8 nitrogen and oxygen atoms in total. The molecular weight excluding hydrogens is 454 g/mol. The van der Waals surface area contributed by atoms with Crippen LogP contribution in [0.1, 0.15) is 58.0 Å². The van der Waals surface area contributed by atoms with E-state index in [9.17, 15) is 22.6 Å². The lowest BCUT2D eigenvalue weighted by molar-refractivity contribution is 0.0980. The molecule has 4 rings (SSSR count). The molecule has 3 aromatic carbocycles. The normalized spacial score (nSPS) is 12.8. The molecule has 3 aromatic rings. The van der Waals surface area contributed by atoms with Crippen LogP contribution in [-0.2, 0) is 10.1 Å². The van der Waals surface area contributed by atoms with Gasteiger partial charge in [-0.05, 0) is 18.6 Å². The van der Waals surface area contributed by atoms with Gasteiger partial charge in [0.25, 0.3) is 10.1 Å². The van der Waals surface area contributed by atoms with Crippen LogP contribution >= 0.6 is 0 Å². The van der Waals surface area contributed by atoms with Crippen molar-refractivity contribution in [2.75, 3.05) is 22.9 Å². The molecule has 0 atom stereocenters. The number of benzene rings is 3. The smallest absolute Gasteiger partial charge is 0.298 e. The van der Waals surface area contributed by atoms with E-state index in [1.165, 1.54) is 6.07 Å². The Morgan fingerprint density at radius 2 is 1.44 bits per heavy atom. The van der Waals surface area contributed by atoms with Crippen molar-refractivity contribution in [2.24, 2.45) is 0 Å². The number of nitrogen functional groups attached to an aromatic ring is 1. The third kappa shape index (κ3) is 4.15. The number of hydrogen-bond acceptors (Lipinski definition) is 7. The monoisotopic (exact) mass is 479 g/mol. The number of fused-ring (bicyclic) bond motifs is 2. The summed E-state index contributed by atoms with van der Waals surface area (Å²) in [6.45, 7) is 2.46. The lowest BCUT2D eigenvalue weighted by atomic mass is 9.81. The summed E-state index contributed by atoms with van der Waals surface area (Å²) in [5, 5.41) is 6.15. The molecule has 0 amide bonds. The van der Waals surface area contributed by atoms with Gasteiger partial charge in [0.05, 0.1) is 28.2 Å². The Morgan fingerprint density at radius 1 is 0.853 bits per heavy atom. The summed E-state index contributed by atoms with van der Waals surface area (Å²) in [5.41, 5.74) is 6.40. The van der Waals surface area contributed by atoms with E-state index < -0.39 is 32.3 Å². The van der Waals surface area contributed by atoms with Crippen LogP contribution < -0.4 is 16.4 Å². The molecule has 0 bridgehead atoms. The average molecular weight is 480 g/mol. The zero-order chi connectivity index (χ0) is 24.5. The first-order chi connectivity index (χ1) is 16.3. The van der Waals surface area contributed by atoms with Gasteiger partial charge in [-0.2, -0.15) is 8.42 Å². The van der Waals surface area contributed by atoms with Crippen LogP contribution in [0.25, 0.3) is 0 Å². The topological polar surface area (TPSA) is 139 Å². The van der Waals surface area contributed by atoms with Gasteiger partial charge in [-0.1, -0.05) is 62.2 Å². The van der Waals surface area contributed by atoms with Crippen molar-refractivity contribution in [3.63, 3.8) is 0 Å². The minimum Gasteiger partial charge on any atom is -0.397 e. The highest BCUT2D eigenvalue weighted by molar-refractivity contribution is 7.86. The fourth-order valence-corrected chi connectivity index (χ4v) is 4.97. The van der Waals surface area contributed by atoms with E-state index in [0.717, 1.165) is 19.3 Å². The molecule has 9 heteroatoms. The van der Waals surface area contributed by atoms with Crippen molar-refractivity contribution in [3.05, 3.63) is 76.9 Å². The first kappa shape index (κ1) is 23.5. The fourth-order valence-electron chi connectivity index (χ4n) is 4.18. The Labute approximate surface area is 197 Å². The van der Waals surface area contributed by atoms with E-state index in [-0.39, 0.29) is 33.6 Å². The Bertz CT molecular complexity index is 1390. The zero-order valence-corrected chi connectivity index (χ0v) is 19.4. The third-order valence-corrected chi connectivity index (χ3v) is 6.68. The molecule has 176 valence electrons. The van der Waals surface area contributed by atoms with Crippen LogP contribution in [-0.4, -0.2) is 31.1 Å². The lowest BCUT2D eigenvalue weighted by Crippen LogP contribution is -2.26. The highest BCUT2D eigenvalue weighted by Gasteiger charge is 2.39. The van der Waals surface area contributed by atoms with E-state index >= 15 is 0 Å². The number of ketones is 2. The number of rotatable bonds is 8. The summed E-state index contributed by atoms with van der Waals surface area (Å²) in [6.07, 6.45) is 2.62. The van der Waals surface area contributed by atoms with Crippen LogP contribution in [0.2, 0.25) is 0 Å². The minimum atomic E-state index is -4.88. The fraction of sp³-hybridized carbons (Fsp3) is 0.200. The molecule has 0 aliphatic heterocycles. The molecule has 0 unspecified atom stereocenters. The Morgan fingerprint density at radius 3 is 2.03 bits per heavy atom. The molecule has 34 heavy (non-hydrogen) atoms. The number of anilines is 4. The molecule has 0 aromatic heterocycles. The maximum Gasteiger partial charge on any atom is 0.298 e. The van der Waals surface area contributed by atoms with Gasteiger partial charge < -0.3 is 16.4 Å². The molecule has 5 N–H and O–H groups in total. The predicted molar refractivity (Wildman–Crippen MR) is 132 cm³/mol. The van der Waals surface area contributed by atoms with E-state index in [1.54, 1.807) is 48.5 Å². The first-order valence-electron chi connectivity index (χ1n) is 11.0. The Kier molecular flexibility index (Phi) is 6.41. The van der Waals surface area contributed by atoms with Crippen LogP contribution in [0.3, 0.4) is 0 Å². The van der Waals surface area contributed by atoms with Crippen molar-refractivity contribution in [1.82, 2.24) is 0 Å². The van der Waals surface area contributed by atoms with Gasteiger partial charge in [-0.3, -0.25) is 14.1 Å². The van der Waals surface area contributed by atoms with Gasteiger partial charge in [0.1, 0.15) is 4.90 Å². The molecule has 1 aliphatic rings. The van der Waals surface area contributed by atoms with Gasteiger partial charge in [0.15, 0.2) is 11.6 Å². The van der Waals surface area contributed by atoms with E-state index in [1.807, 2.05) is 6.92 Å². The predicted octanol–water partition coefficient (Wildman–Crippen LogP) is 4.64. The largest absolute Gasteiger partial charge is 0.397 e. The molecule has 0 heterocycles. The minimum absolute atomic E-state index is 0.0106. The summed E-state index contributed by atoms with van der Waals surface area (Å²) >= 11 is 0. The van der Waals surface area contributed by atoms with Crippen molar-refractivity contribution >= 4 is 44.4 Å². The molecule has 0 saturated heterocycles. The van der Waals surface area contributed by atoms with Gasteiger partial charge in [0, 0.05) is 23.4 Å². The third-order valence-electron chi connectivity index (χ3n) is 5.74. The molecule has 0 fully saturated rings. The highest BCUT2D eigenvalue weighted by atomic mass is 32.2. The molecule has 0 spiro atoms. The molecular formula is C25H25N3O5S. The number of para-hydroxylation sites is 1. The lowest BCUT2D eigenvalue weighted by Gasteiger charge is -2.27. The standard InChI is InChI=1S/C25H25N3O5S/c1-2-3-9-14-27-21-19-18(23(29)16-12-7-8-13-17(16)24(19)30)20(26)25(34(31,32)33)22(21)28-15-10-5-4-6-11-15/h4-8,10-13,27-28H,2-3,9,14,26H2,1H3,(H,31,32,33). The number of hydrogen-bond donors (Lipinski definition) is 4. The van der Waals surface area contributed by atoms with E-state index in [2.05, 4.69) is 10.6 Å². The number of carbonyl (C=O) groups excluding carboxylic acids is 2. The average Bonchev–Trinajstić information content (AvgIpc) is 2.81. The molecule has 0 saturated carbocycles. The van der Waals surface area contributed by atoms with E-state index in [0.29, 0.717) is 12.2 Å². The van der Waals surface area contributed by atoms with E-state index in [4.69, 9.17) is 5.73 Å².